The van der Waals surface area contributed by atoms with E-state index in [4.69, 9.17) is 5.53 Å². The Morgan fingerprint density at radius 2 is 1.92 bits per heavy atom. The van der Waals surface area contributed by atoms with Gasteiger partial charge in [0.25, 0.3) is 0 Å². The minimum absolute atomic E-state index is 0.0622. The molecule has 1 atom stereocenters. The molecule has 0 radical (unpaired) electrons. The van der Waals surface area contributed by atoms with Crippen molar-refractivity contribution in [2.24, 2.45) is 5.11 Å². The Kier molecular flexibility index (Phi) is 3.60. The minimum atomic E-state index is -0.0622. The lowest BCUT2D eigenvalue weighted by molar-refractivity contribution is 0.594. The highest BCUT2D eigenvalue weighted by Gasteiger charge is 2.23. The van der Waals surface area contributed by atoms with Gasteiger partial charge in [0.05, 0.1) is 11.7 Å². The Balaban J connectivity index is 1.76. The van der Waals surface area contributed by atoms with Crippen molar-refractivity contribution in [1.29, 1.82) is 0 Å². The third-order valence-corrected chi connectivity index (χ3v) is 4.61. The van der Waals surface area contributed by atoms with Crippen LogP contribution in [0.4, 0.5) is 0 Å². The maximum atomic E-state index is 8.63. The van der Waals surface area contributed by atoms with Crippen LogP contribution in [0.3, 0.4) is 0 Å². The van der Waals surface area contributed by atoms with E-state index in [0.29, 0.717) is 6.54 Å². The molecule has 1 heterocycles. The second-order valence-electron chi connectivity index (χ2n) is 6.31. The zero-order valence-corrected chi connectivity index (χ0v) is 13.6. The first-order chi connectivity index (χ1) is 11.8. The number of hydrogen-bond acceptors (Lipinski definition) is 1. The van der Waals surface area contributed by atoms with Crippen LogP contribution in [-0.2, 0) is 13.0 Å². The van der Waals surface area contributed by atoms with Crippen molar-refractivity contribution < 1.29 is 0 Å². The van der Waals surface area contributed by atoms with E-state index in [1.807, 2.05) is 13.0 Å². The lowest BCUT2D eigenvalue weighted by Crippen LogP contribution is -2.09. The van der Waals surface area contributed by atoms with Crippen LogP contribution in [0.5, 0.6) is 0 Å². The molecule has 118 valence electrons. The molecule has 2 aromatic carbocycles. The number of benzene rings is 2. The van der Waals surface area contributed by atoms with Crippen LogP contribution < -0.4 is 0 Å². The van der Waals surface area contributed by atoms with Gasteiger partial charge in [-0.3, -0.25) is 0 Å². The maximum Gasteiger partial charge on any atom is 0.0525 e. The van der Waals surface area contributed by atoms with Gasteiger partial charge in [-0.15, -0.1) is 0 Å². The molecule has 0 N–H and O–H groups in total. The van der Waals surface area contributed by atoms with Crippen molar-refractivity contribution in [3.63, 3.8) is 0 Å². The van der Waals surface area contributed by atoms with Gasteiger partial charge in [0.1, 0.15) is 0 Å². The second-order valence-corrected chi connectivity index (χ2v) is 6.31. The first-order valence-electron chi connectivity index (χ1n) is 8.17. The van der Waals surface area contributed by atoms with Crippen molar-refractivity contribution in [1.82, 2.24) is 4.57 Å². The summed E-state index contributed by atoms with van der Waals surface area (Å²) < 4.78 is 2.22. The number of hydrogen-bond donors (Lipinski definition) is 0. The molecule has 1 aromatic heterocycles. The summed E-state index contributed by atoms with van der Waals surface area (Å²) in [6, 6.07) is 19.3. The highest BCUT2D eigenvalue weighted by Crippen LogP contribution is 2.39. The molecule has 0 aliphatic heterocycles. The summed E-state index contributed by atoms with van der Waals surface area (Å²) in [6.07, 6.45) is 3.08. The summed E-state index contributed by atoms with van der Waals surface area (Å²) in [4.78, 5) is 2.92. The zero-order chi connectivity index (χ0) is 16.5. The fourth-order valence-electron chi connectivity index (χ4n) is 3.52. The van der Waals surface area contributed by atoms with E-state index in [0.717, 1.165) is 6.42 Å². The number of rotatable bonds is 4. The number of azide groups is 1. The molecule has 1 aliphatic carbocycles. The summed E-state index contributed by atoms with van der Waals surface area (Å²) in [5.74, 6) is 0. The predicted octanol–water partition coefficient (Wildman–Crippen LogP) is 5.43. The largest absolute Gasteiger partial charge is 0.347 e. The van der Waals surface area contributed by atoms with E-state index < -0.39 is 0 Å². The molecule has 4 rings (SSSR count). The summed E-state index contributed by atoms with van der Waals surface area (Å²) in [7, 11) is 0. The van der Waals surface area contributed by atoms with Crippen LogP contribution in [0.25, 0.3) is 32.8 Å². The molecule has 0 bridgehead atoms. The molecular formula is C20H18N4. The monoisotopic (exact) mass is 314 g/mol. The molecule has 0 spiro atoms. The van der Waals surface area contributed by atoms with Crippen LogP contribution >= 0.6 is 0 Å². The topological polar surface area (TPSA) is 53.7 Å². The molecule has 0 amide bonds. The van der Waals surface area contributed by atoms with Crippen LogP contribution in [0.2, 0.25) is 0 Å². The van der Waals surface area contributed by atoms with Crippen molar-refractivity contribution in [3.8, 4) is 22.4 Å². The van der Waals surface area contributed by atoms with Crippen LogP contribution in [0.1, 0.15) is 18.1 Å². The predicted molar refractivity (Wildman–Crippen MR) is 96.7 cm³/mol. The Bertz CT molecular complexity index is 934. The van der Waals surface area contributed by atoms with Gasteiger partial charge in [0.2, 0.25) is 0 Å². The van der Waals surface area contributed by atoms with Gasteiger partial charge in [-0.25, -0.2) is 0 Å². The van der Waals surface area contributed by atoms with Gasteiger partial charge in [-0.1, -0.05) is 54.5 Å². The third kappa shape index (κ3) is 2.47. The zero-order valence-electron chi connectivity index (χ0n) is 13.6. The van der Waals surface area contributed by atoms with Crippen LogP contribution in [-0.4, -0.2) is 10.6 Å². The second kappa shape index (κ2) is 5.91. The fraction of sp³-hybridized carbons (Fsp3) is 0.200. The quantitative estimate of drug-likeness (QED) is 0.274. The Hall–Kier alpha value is -2.97. The first kappa shape index (κ1) is 14.6. The standard InChI is InChI=1S/C20H18N4/c1-14(22-23-21)13-24-10-9-18-11-17-8-7-16(12-19(17)20(18)24)15-5-3-2-4-6-15/h2-10,12,14H,11,13H2,1H3/t14-/m0/s1. The van der Waals surface area contributed by atoms with Gasteiger partial charge in [-0.05, 0) is 39.9 Å². The molecule has 0 unspecified atom stereocenters. The molecule has 3 aromatic rings. The van der Waals surface area contributed by atoms with Crippen LogP contribution in [0.15, 0.2) is 65.9 Å². The number of aromatic nitrogens is 1. The minimum Gasteiger partial charge on any atom is -0.347 e. The molecule has 0 saturated heterocycles. The first-order valence-corrected chi connectivity index (χ1v) is 8.17. The normalized spacial score (nSPS) is 13.0. The average molecular weight is 314 g/mol. The Morgan fingerprint density at radius 3 is 2.71 bits per heavy atom. The van der Waals surface area contributed by atoms with Gasteiger partial charge >= 0.3 is 0 Å². The van der Waals surface area contributed by atoms with Crippen molar-refractivity contribution in [2.75, 3.05) is 0 Å². The van der Waals surface area contributed by atoms with Crippen molar-refractivity contribution in [2.45, 2.75) is 25.9 Å². The van der Waals surface area contributed by atoms with Crippen LogP contribution in [0, 0.1) is 0 Å². The molecule has 4 nitrogen and oxygen atoms in total. The van der Waals surface area contributed by atoms with Gasteiger partial charge in [0.15, 0.2) is 0 Å². The maximum absolute atomic E-state index is 8.63. The summed E-state index contributed by atoms with van der Waals surface area (Å²) >= 11 is 0. The highest BCUT2D eigenvalue weighted by atomic mass is 15.2. The van der Waals surface area contributed by atoms with Gasteiger partial charge < -0.3 is 4.57 Å². The van der Waals surface area contributed by atoms with E-state index in [1.54, 1.807) is 0 Å². The van der Waals surface area contributed by atoms with E-state index in [-0.39, 0.29) is 6.04 Å². The fourth-order valence-corrected chi connectivity index (χ4v) is 3.52. The van der Waals surface area contributed by atoms with E-state index >= 15 is 0 Å². The van der Waals surface area contributed by atoms with Crippen molar-refractivity contribution in [3.05, 3.63) is 82.4 Å². The number of fused-ring (bicyclic) bond motifs is 3. The average Bonchev–Trinajstić information content (AvgIpc) is 3.15. The smallest absolute Gasteiger partial charge is 0.0525 e. The van der Waals surface area contributed by atoms with E-state index in [1.165, 1.54) is 33.5 Å². The third-order valence-electron chi connectivity index (χ3n) is 4.61. The van der Waals surface area contributed by atoms with E-state index in [9.17, 15) is 0 Å². The highest BCUT2D eigenvalue weighted by molar-refractivity contribution is 5.79. The summed E-state index contributed by atoms with van der Waals surface area (Å²) in [5, 5.41) is 3.81. The van der Waals surface area contributed by atoms with Gasteiger partial charge in [-0.2, -0.15) is 0 Å². The van der Waals surface area contributed by atoms with Gasteiger partial charge in [0, 0.05) is 29.6 Å². The summed E-state index contributed by atoms with van der Waals surface area (Å²) in [5.41, 5.74) is 16.4. The molecule has 24 heavy (non-hydrogen) atoms. The van der Waals surface area contributed by atoms with Crippen molar-refractivity contribution >= 4 is 0 Å². The SMILES string of the molecule is C[C@@H](Cn1ccc2c1-c1cc(-c3ccccc3)ccc1C2)N=[N+]=[N-]. The Labute approximate surface area is 141 Å². The summed E-state index contributed by atoms with van der Waals surface area (Å²) in [6.45, 7) is 2.65. The lowest BCUT2D eigenvalue weighted by atomic mass is 10.00. The Morgan fingerprint density at radius 1 is 1.08 bits per heavy atom. The molecule has 4 heteroatoms. The number of nitrogens with zero attached hydrogens (tertiary/aromatic N) is 4. The lowest BCUT2D eigenvalue weighted by Gasteiger charge is -2.12. The molecule has 0 fully saturated rings. The van der Waals surface area contributed by atoms with E-state index in [2.05, 4.69) is 69.3 Å². The molecule has 1 aliphatic rings. The molecular weight excluding hydrogens is 296 g/mol. The molecule has 0 saturated carbocycles.